The highest BCUT2D eigenvalue weighted by atomic mass is 35.5. The van der Waals surface area contributed by atoms with Crippen LogP contribution < -0.4 is 5.32 Å². The summed E-state index contributed by atoms with van der Waals surface area (Å²) in [7, 11) is 1.93. The first-order chi connectivity index (χ1) is 10.7. The number of carbonyl (C=O) groups is 1. The van der Waals surface area contributed by atoms with Crippen molar-refractivity contribution in [3.63, 3.8) is 0 Å². The van der Waals surface area contributed by atoms with Crippen LogP contribution in [-0.2, 0) is 11.3 Å². The zero-order chi connectivity index (χ0) is 15.4. The molecular formula is C17H28ClN3OS. The molecule has 3 rings (SSSR count). The van der Waals surface area contributed by atoms with E-state index in [2.05, 4.69) is 21.7 Å². The van der Waals surface area contributed by atoms with Gasteiger partial charge in [-0.1, -0.05) is 25.3 Å². The van der Waals surface area contributed by atoms with Crippen LogP contribution in [-0.4, -0.2) is 54.5 Å². The molecular weight excluding hydrogens is 330 g/mol. The van der Waals surface area contributed by atoms with Crippen LogP contribution in [0.2, 0.25) is 0 Å². The lowest BCUT2D eigenvalue weighted by Crippen LogP contribution is -2.63. The minimum absolute atomic E-state index is 0. The van der Waals surface area contributed by atoms with Crippen LogP contribution in [0.1, 0.15) is 37.0 Å². The maximum Gasteiger partial charge on any atom is 0.236 e. The number of carbonyl (C=O) groups excluding carboxylic acids is 1. The minimum atomic E-state index is 0. The monoisotopic (exact) mass is 357 g/mol. The van der Waals surface area contributed by atoms with Gasteiger partial charge in [0.25, 0.3) is 0 Å². The third-order valence-corrected chi connectivity index (χ3v) is 6.05. The molecule has 1 amide bonds. The molecule has 2 fully saturated rings. The van der Waals surface area contributed by atoms with Gasteiger partial charge in [-0.2, -0.15) is 0 Å². The molecule has 1 aromatic rings. The summed E-state index contributed by atoms with van der Waals surface area (Å²) < 4.78 is 0. The van der Waals surface area contributed by atoms with Crippen molar-refractivity contribution in [2.24, 2.45) is 0 Å². The van der Waals surface area contributed by atoms with E-state index in [4.69, 9.17) is 0 Å². The molecule has 1 aliphatic heterocycles. The molecule has 1 N–H and O–H groups in total. The van der Waals surface area contributed by atoms with Gasteiger partial charge in [0.05, 0.1) is 13.1 Å². The Kier molecular flexibility index (Phi) is 6.89. The zero-order valence-corrected chi connectivity index (χ0v) is 15.6. The Morgan fingerprint density at radius 2 is 2.17 bits per heavy atom. The second kappa shape index (κ2) is 8.47. The zero-order valence-electron chi connectivity index (χ0n) is 13.9. The molecule has 1 saturated heterocycles. The molecule has 0 atom stereocenters. The van der Waals surface area contributed by atoms with Crippen molar-refractivity contribution in [3.8, 4) is 0 Å². The van der Waals surface area contributed by atoms with Crippen molar-refractivity contribution in [1.82, 2.24) is 15.1 Å². The van der Waals surface area contributed by atoms with E-state index >= 15 is 0 Å². The lowest BCUT2D eigenvalue weighted by Gasteiger charge is -2.49. The van der Waals surface area contributed by atoms with E-state index in [0.29, 0.717) is 6.54 Å². The summed E-state index contributed by atoms with van der Waals surface area (Å²) in [4.78, 5) is 18.2. The predicted molar refractivity (Wildman–Crippen MR) is 98.3 cm³/mol. The highest BCUT2D eigenvalue weighted by Crippen LogP contribution is 2.34. The highest BCUT2D eigenvalue weighted by molar-refractivity contribution is 7.09. The van der Waals surface area contributed by atoms with Gasteiger partial charge in [-0.3, -0.25) is 9.69 Å². The second-order valence-corrected chi connectivity index (χ2v) is 7.74. The van der Waals surface area contributed by atoms with Crippen molar-refractivity contribution in [2.75, 3.05) is 33.2 Å². The normalized spacial score (nSPS) is 20.9. The quantitative estimate of drug-likeness (QED) is 0.900. The van der Waals surface area contributed by atoms with Crippen LogP contribution in [0.15, 0.2) is 17.5 Å². The molecule has 23 heavy (non-hydrogen) atoms. The number of nitrogens with one attached hydrogen (secondary N) is 1. The number of piperazine rings is 1. The van der Waals surface area contributed by atoms with E-state index < -0.39 is 0 Å². The van der Waals surface area contributed by atoms with E-state index in [9.17, 15) is 4.79 Å². The Labute approximate surface area is 149 Å². The number of amides is 1. The van der Waals surface area contributed by atoms with E-state index in [-0.39, 0.29) is 23.9 Å². The standard InChI is InChI=1S/C17H27N3OS.ClH/c1-19(12-15-6-5-11-22-15)16(21)13-20-10-9-18-14-17(20)7-3-2-4-8-17;/h5-6,11,18H,2-4,7-10,12-14H2,1H3;1H. The Morgan fingerprint density at radius 3 is 2.87 bits per heavy atom. The molecule has 4 nitrogen and oxygen atoms in total. The molecule has 1 saturated carbocycles. The number of hydrogen-bond donors (Lipinski definition) is 1. The number of rotatable bonds is 4. The Bertz CT molecular complexity index is 480. The molecule has 2 aliphatic rings. The Hall–Kier alpha value is -0.620. The van der Waals surface area contributed by atoms with Gasteiger partial charge in [-0.05, 0) is 24.3 Å². The van der Waals surface area contributed by atoms with Crippen LogP contribution in [0.4, 0.5) is 0 Å². The van der Waals surface area contributed by atoms with Gasteiger partial charge in [0.2, 0.25) is 5.91 Å². The van der Waals surface area contributed by atoms with Gasteiger partial charge in [0.15, 0.2) is 0 Å². The lowest BCUT2D eigenvalue weighted by atomic mass is 9.79. The molecule has 130 valence electrons. The average molecular weight is 358 g/mol. The number of nitrogens with zero attached hydrogens (tertiary/aromatic N) is 2. The minimum Gasteiger partial charge on any atom is -0.340 e. The number of likely N-dealkylation sites (N-methyl/N-ethyl adjacent to an activating group) is 1. The maximum atomic E-state index is 12.6. The summed E-state index contributed by atoms with van der Waals surface area (Å²) in [6.07, 6.45) is 6.43. The fraction of sp³-hybridized carbons (Fsp3) is 0.706. The second-order valence-electron chi connectivity index (χ2n) is 6.71. The van der Waals surface area contributed by atoms with Crippen molar-refractivity contribution >= 4 is 29.7 Å². The van der Waals surface area contributed by atoms with Crippen LogP contribution in [0.5, 0.6) is 0 Å². The first-order valence-corrected chi connectivity index (χ1v) is 9.30. The molecule has 1 spiro atoms. The van der Waals surface area contributed by atoms with Gasteiger partial charge < -0.3 is 10.2 Å². The summed E-state index contributed by atoms with van der Waals surface area (Å²) in [5, 5.41) is 5.62. The fourth-order valence-corrected chi connectivity index (χ4v) is 4.60. The number of thiophene rings is 1. The summed E-state index contributed by atoms with van der Waals surface area (Å²) >= 11 is 1.72. The van der Waals surface area contributed by atoms with Crippen molar-refractivity contribution in [3.05, 3.63) is 22.4 Å². The Morgan fingerprint density at radius 1 is 1.39 bits per heavy atom. The molecule has 6 heteroatoms. The summed E-state index contributed by atoms with van der Waals surface area (Å²) in [6.45, 7) is 4.36. The third kappa shape index (κ3) is 4.47. The molecule has 2 heterocycles. The summed E-state index contributed by atoms with van der Waals surface area (Å²) in [5.74, 6) is 0.250. The predicted octanol–water partition coefficient (Wildman–Crippen LogP) is 2.74. The largest absolute Gasteiger partial charge is 0.340 e. The van der Waals surface area contributed by atoms with E-state index in [0.717, 1.165) is 26.2 Å². The van der Waals surface area contributed by atoms with Crippen LogP contribution in [0.3, 0.4) is 0 Å². The lowest BCUT2D eigenvalue weighted by molar-refractivity contribution is -0.134. The van der Waals surface area contributed by atoms with Crippen LogP contribution in [0.25, 0.3) is 0 Å². The van der Waals surface area contributed by atoms with Crippen molar-refractivity contribution < 1.29 is 4.79 Å². The Balaban J connectivity index is 0.00000192. The van der Waals surface area contributed by atoms with E-state index in [1.165, 1.54) is 37.0 Å². The van der Waals surface area contributed by atoms with Gasteiger partial charge in [0.1, 0.15) is 0 Å². The number of hydrogen-bond acceptors (Lipinski definition) is 4. The summed E-state index contributed by atoms with van der Waals surface area (Å²) in [5.41, 5.74) is 0.232. The third-order valence-electron chi connectivity index (χ3n) is 5.19. The highest BCUT2D eigenvalue weighted by Gasteiger charge is 2.40. The van der Waals surface area contributed by atoms with Gasteiger partial charge in [-0.15, -0.1) is 23.7 Å². The molecule has 0 aromatic carbocycles. The smallest absolute Gasteiger partial charge is 0.236 e. The van der Waals surface area contributed by atoms with Gasteiger partial charge >= 0.3 is 0 Å². The average Bonchev–Trinajstić information content (AvgIpc) is 3.03. The van der Waals surface area contributed by atoms with E-state index in [1.807, 2.05) is 18.0 Å². The van der Waals surface area contributed by atoms with Crippen LogP contribution >= 0.6 is 23.7 Å². The first kappa shape index (κ1) is 18.7. The van der Waals surface area contributed by atoms with Gasteiger partial charge in [0, 0.05) is 37.1 Å². The van der Waals surface area contributed by atoms with Crippen molar-refractivity contribution in [1.29, 1.82) is 0 Å². The topological polar surface area (TPSA) is 35.6 Å². The van der Waals surface area contributed by atoms with E-state index in [1.54, 1.807) is 11.3 Å². The fourth-order valence-electron chi connectivity index (χ4n) is 3.84. The SMILES string of the molecule is CN(Cc1cccs1)C(=O)CN1CCNCC12CCCCC2.Cl. The first-order valence-electron chi connectivity index (χ1n) is 8.42. The molecule has 0 unspecified atom stereocenters. The van der Waals surface area contributed by atoms with Crippen molar-refractivity contribution in [2.45, 2.75) is 44.2 Å². The summed E-state index contributed by atoms with van der Waals surface area (Å²) in [6, 6.07) is 4.15. The molecule has 0 radical (unpaired) electrons. The molecule has 1 aromatic heterocycles. The van der Waals surface area contributed by atoms with Gasteiger partial charge in [-0.25, -0.2) is 0 Å². The number of halogens is 1. The molecule has 1 aliphatic carbocycles. The van der Waals surface area contributed by atoms with Crippen LogP contribution in [0, 0.1) is 0 Å². The molecule has 0 bridgehead atoms. The maximum absolute atomic E-state index is 12.6.